The smallest absolute Gasteiger partial charge is 0.323 e. The Kier molecular flexibility index (Phi) is 16.9. The molecular weight excluding hydrogens is 318 g/mol. The van der Waals surface area contributed by atoms with Gasteiger partial charge in [-0.25, -0.2) is 0 Å². The molecule has 0 bridgehead atoms. The SMILES string of the molecule is CCCCCCCCCCCCCCCCOC(=O)[C@@H](N)CC(=O)O. The fourth-order valence-electron chi connectivity index (χ4n) is 2.85. The van der Waals surface area contributed by atoms with E-state index in [9.17, 15) is 9.59 Å². The number of carbonyl (C=O) groups is 2. The molecule has 0 aliphatic rings. The summed E-state index contributed by atoms with van der Waals surface area (Å²) in [6.07, 6.45) is 17.5. The van der Waals surface area contributed by atoms with E-state index in [1.54, 1.807) is 0 Å². The number of carbonyl (C=O) groups excluding carboxylic acids is 1. The molecule has 0 aliphatic heterocycles. The second-order valence-electron chi connectivity index (χ2n) is 6.97. The van der Waals surface area contributed by atoms with Crippen LogP contribution < -0.4 is 5.73 Å². The third-order valence-electron chi connectivity index (χ3n) is 4.44. The number of carboxylic acids is 1. The summed E-state index contributed by atoms with van der Waals surface area (Å²) in [7, 11) is 0. The Morgan fingerprint density at radius 2 is 1.20 bits per heavy atom. The Labute approximate surface area is 153 Å². The molecule has 0 saturated carbocycles. The van der Waals surface area contributed by atoms with Crippen molar-refractivity contribution in [1.29, 1.82) is 0 Å². The van der Waals surface area contributed by atoms with Crippen molar-refractivity contribution >= 4 is 11.9 Å². The van der Waals surface area contributed by atoms with E-state index < -0.39 is 18.0 Å². The summed E-state index contributed by atoms with van der Waals surface area (Å²) in [6, 6.07) is -1.05. The Morgan fingerprint density at radius 3 is 1.60 bits per heavy atom. The van der Waals surface area contributed by atoms with Crippen LogP contribution in [0, 0.1) is 0 Å². The van der Waals surface area contributed by atoms with E-state index in [-0.39, 0.29) is 6.42 Å². The van der Waals surface area contributed by atoms with E-state index in [1.807, 2.05) is 0 Å². The lowest BCUT2D eigenvalue weighted by Gasteiger charge is -2.09. The number of hydrogen-bond acceptors (Lipinski definition) is 4. The number of nitrogens with two attached hydrogens (primary N) is 1. The lowest BCUT2D eigenvalue weighted by atomic mass is 10.0. The van der Waals surface area contributed by atoms with Gasteiger partial charge in [0.15, 0.2) is 0 Å². The van der Waals surface area contributed by atoms with Gasteiger partial charge in [-0.05, 0) is 6.42 Å². The molecule has 0 aromatic rings. The van der Waals surface area contributed by atoms with Crippen molar-refractivity contribution < 1.29 is 19.4 Å². The summed E-state index contributed by atoms with van der Waals surface area (Å²) < 4.78 is 4.98. The summed E-state index contributed by atoms with van der Waals surface area (Å²) >= 11 is 0. The van der Waals surface area contributed by atoms with Crippen molar-refractivity contribution in [2.45, 2.75) is 109 Å². The first-order valence-electron chi connectivity index (χ1n) is 10.2. The summed E-state index contributed by atoms with van der Waals surface area (Å²) in [5, 5.41) is 8.55. The third kappa shape index (κ3) is 17.5. The highest BCUT2D eigenvalue weighted by atomic mass is 16.5. The van der Waals surface area contributed by atoms with Crippen molar-refractivity contribution in [3.05, 3.63) is 0 Å². The third-order valence-corrected chi connectivity index (χ3v) is 4.44. The molecule has 0 saturated heterocycles. The molecule has 0 rings (SSSR count). The van der Waals surface area contributed by atoms with Crippen molar-refractivity contribution in [2.24, 2.45) is 5.73 Å². The molecule has 148 valence electrons. The van der Waals surface area contributed by atoms with Gasteiger partial charge in [-0.3, -0.25) is 9.59 Å². The van der Waals surface area contributed by atoms with Crippen molar-refractivity contribution in [3.63, 3.8) is 0 Å². The minimum absolute atomic E-state index is 0.337. The summed E-state index contributed by atoms with van der Waals surface area (Å²) in [6.45, 7) is 2.59. The molecule has 5 heteroatoms. The van der Waals surface area contributed by atoms with Crippen LogP contribution >= 0.6 is 0 Å². The minimum Gasteiger partial charge on any atom is -0.481 e. The summed E-state index contributed by atoms with van der Waals surface area (Å²) in [4.78, 5) is 21.8. The molecule has 3 N–H and O–H groups in total. The number of aliphatic carboxylic acids is 1. The number of rotatable bonds is 18. The van der Waals surface area contributed by atoms with Gasteiger partial charge in [-0.2, -0.15) is 0 Å². The Morgan fingerprint density at radius 1 is 0.800 bits per heavy atom. The second-order valence-corrected chi connectivity index (χ2v) is 6.97. The molecule has 0 radical (unpaired) electrons. The second kappa shape index (κ2) is 17.7. The van der Waals surface area contributed by atoms with Gasteiger partial charge in [0.2, 0.25) is 0 Å². The minimum atomic E-state index is -1.08. The normalized spacial score (nSPS) is 12.1. The molecule has 0 heterocycles. The van der Waals surface area contributed by atoms with E-state index in [2.05, 4.69) is 6.92 Å². The number of ether oxygens (including phenoxy) is 1. The lowest BCUT2D eigenvalue weighted by Crippen LogP contribution is -2.34. The van der Waals surface area contributed by atoms with Crippen LogP contribution in [0.3, 0.4) is 0 Å². The van der Waals surface area contributed by atoms with E-state index in [1.165, 1.54) is 70.6 Å². The van der Waals surface area contributed by atoms with Crippen LogP contribution in [0.4, 0.5) is 0 Å². The largest absolute Gasteiger partial charge is 0.481 e. The highest BCUT2D eigenvalue weighted by Crippen LogP contribution is 2.13. The van der Waals surface area contributed by atoms with Crippen LogP contribution in [0.25, 0.3) is 0 Å². The maximum atomic E-state index is 11.4. The molecule has 1 atom stereocenters. The van der Waals surface area contributed by atoms with Crippen LogP contribution in [0.15, 0.2) is 0 Å². The maximum Gasteiger partial charge on any atom is 0.323 e. The van der Waals surface area contributed by atoms with Gasteiger partial charge >= 0.3 is 11.9 Å². The maximum absolute atomic E-state index is 11.4. The quantitative estimate of drug-likeness (QED) is 0.271. The Bertz CT molecular complexity index is 334. The first-order chi connectivity index (χ1) is 12.1. The van der Waals surface area contributed by atoms with Gasteiger partial charge in [0.05, 0.1) is 13.0 Å². The van der Waals surface area contributed by atoms with Crippen LogP contribution in [-0.2, 0) is 14.3 Å². The average molecular weight is 358 g/mol. The topological polar surface area (TPSA) is 89.6 Å². The predicted octanol–water partition coefficient (Wildman–Crippen LogP) is 4.81. The van der Waals surface area contributed by atoms with Crippen LogP contribution in [0.1, 0.15) is 103 Å². The molecule has 0 fully saturated rings. The monoisotopic (exact) mass is 357 g/mol. The first kappa shape index (κ1) is 23.9. The first-order valence-corrected chi connectivity index (χ1v) is 10.2. The molecular formula is C20H39NO4. The van der Waals surface area contributed by atoms with Gasteiger partial charge < -0.3 is 15.6 Å². The highest BCUT2D eigenvalue weighted by molar-refractivity contribution is 5.81. The number of carboxylic acid groups (broad SMARTS) is 1. The molecule has 25 heavy (non-hydrogen) atoms. The van der Waals surface area contributed by atoms with E-state index in [0.717, 1.165) is 19.3 Å². The number of unbranched alkanes of at least 4 members (excludes halogenated alkanes) is 13. The van der Waals surface area contributed by atoms with E-state index in [0.29, 0.717) is 6.61 Å². The lowest BCUT2D eigenvalue weighted by molar-refractivity contribution is -0.149. The van der Waals surface area contributed by atoms with Gasteiger partial charge in [0.1, 0.15) is 6.04 Å². The fraction of sp³-hybridized carbons (Fsp3) is 0.900. The van der Waals surface area contributed by atoms with Gasteiger partial charge in [-0.15, -0.1) is 0 Å². The van der Waals surface area contributed by atoms with Crippen molar-refractivity contribution in [3.8, 4) is 0 Å². The standard InChI is InChI=1S/C20H39NO4/c1-2-3-4-5-6-7-8-9-10-11-12-13-14-15-16-25-20(24)18(21)17-19(22)23/h18H,2-17,21H2,1H3,(H,22,23)/t18-/m0/s1. The van der Waals surface area contributed by atoms with Crippen molar-refractivity contribution in [1.82, 2.24) is 0 Å². The molecule has 5 nitrogen and oxygen atoms in total. The van der Waals surface area contributed by atoms with E-state index >= 15 is 0 Å². The van der Waals surface area contributed by atoms with Crippen LogP contribution in [0.5, 0.6) is 0 Å². The zero-order valence-electron chi connectivity index (χ0n) is 16.1. The van der Waals surface area contributed by atoms with Gasteiger partial charge in [0, 0.05) is 0 Å². The highest BCUT2D eigenvalue weighted by Gasteiger charge is 2.17. The summed E-state index contributed by atoms with van der Waals surface area (Å²) in [5.74, 6) is -1.70. The van der Waals surface area contributed by atoms with Gasteiger partial charge in [0.25, 0.3) is 0 Å². The van der Waals surface area contributed by atoms with Crippen LogP contribution in [0.2, 0.25) is 0 Å². The summed E-state index contributed by atoms with van der Waals surface area (Å²) in [5.41, 5.74) is 5.42. The average Bonchev–Trinajstić information content (AvgIpc) is 2.57. The molecule has 0 aliphatic carbocycles. The van der Waals surface area contributed by atoms with Crippen molar-refractivity contribution in [2.75, 3.05) is 6.61 Å². The molecule has 0 unspecified atom stereocenters. The predicted molar refractivity (Wildman–Crippen MR) is 101 cm³/mol. The molecule has 0 amide bonds. The zero-order valence-corrected chi connectivity index (χ0v) is 16.1. The van der Waals surface area contributed by atoms with Gasteiger partial charge in [-0.1, -0.05) is 90.4 Å². The van der Waals surface area contributed by atoms with E-state index in [4.69, 9.17) is 15.6 Å². The zero-order chi connectivity index (χ0) is 18.8. The molecule has 0 aromatic carbocycles. The Balaban J connectivity index is 3.21. The number of esters is 1. The number of hydrogen-bond donors (Lipinski definition) is 2. The molecule has 0 spiro atoms. The Hall–Kier alpha value is -1.10. The fourth-order valence-corrected chi connectivity index (χ4v) is 2.85. The van der Waals surface area contributed by atoms with Crippen LogP contribution in [-0.4, -0.2) is 29.7 Å². The molecule has 0 aromatic heterocycles.